The van der Waals surface area contributed by atoms with Crippen molar-refractivity contribution in [3.05, 3.63) is 47.5 Å². The number of amides is 1. The van der Waals surface area contributed by atoms with Crippen LogP contribution in [0.5, 0.6) is 23.0 Å². The molecule has 0 bridgehead atoms. The van der Waals surface area contributed by atoms with Crippen LogP contribution in [0.15, 0.2) is 36.4 Å². The van der Waals surface area contributed by atoms with Gasteiger partial charge in [-0.15, -0.1) is 0 Å². The zero-order chi connectivity index (χ0) is 24.1. The van der Waals surface area contributed by atoms with Crippen LogP contribution in [0.2, 0.25) is 0 Å². The van der Waals surface area contributed by atoms with Gasteiger partial charge in [-0.1, -0.05) is 32.9 Å². The minimum atomic E-state index is -3.01. The standard InChI is InChI=1S/C22H27F2NO5.C2H6/c1-5-20(26)25(13-15-10-11-17(27-3)12-19(15)28-4)14-16-8-7-9-18(29-6-2)21(16)30-22(23)24;1-2/h7-12,22H,5-6,13-14H2,1-4H3;1-2H3. The first-order valence-electron chi connectivity index (χ1n) is 10.6. The van der Waals surface area contributed by atoms with E-state index >= 15 is 0 Å². The van der Waals surface area contributed by atoms with Gasteiger partial charge in [-0.2, -0.15) is 8.78 Å². The van der Waals surface area contributed by atoms with Crippen LogP contribution >= 0.6 is 0 Å². The van der Waals surface area contributed by atoms with Gasteiger partial charge in [0.05, 0.1) is 20.8 Å². The lowest BCUT2D eigenvalue weighted by molar-refractivity contribution is -0.132. The third-order valence-corrected chi connectivity index (χ3v) is 4.44. The molecule has 8 heteroatoms. The van der Waals surface area contributed by atoms with Crippen molar-refractivity contribution >= 4 is 5.91 Å². The minimum Gasteiger partial charge on any atom is -0.497 e. The van der Waals surface area contributed by atoms with Crippen molar-refractivity contribution in [3.63, 3.8) is 0 Å². The van der Waals surface area contributed by atoms with E-state index < -0.39 is 6.61 Å². The van der Waals surface area contributed by atoms with Gasteiger partial charge < -0.3 is 23.8 Å². The predicted molar refractivity (Wildman–Crippen MR) is 120 cm³/mol. The minimum absolute atomic E-state index is 0.0649. The molecule has 0 unspecified atom stereocenters. The van der Waals surface area contributed by atoms with E-state index in [0.717, 1.165) is 5.56 Å². The molecule has 0 aliphatic carbocycles. The van der Waals surface area contributed by atoms with Crippen molar-refractivity contribution < 1.29 is 32.5 Å². The van der Waals surface area contributed by atoms with Crippen molar-refractivity contribution in [1.29, 1.82) is 0 Å². The van der Waals surface area contributed by atoms with E-state index in [1.54, 1.807) is 62.3 Å². The van der Waals surface area contributed by atoms with Crippen LogP contribution < -0.4 is 18.9 Å². The van der Waals surface area contributed by atoms with Gasteiger partial charge in [0.15, 0.2) is 11.5 Å². The molecule has 2 aromatic rings. The van der Waals surface area contributed by atoms with Crippen molar-refractivity contribution in [3.8, 4) is 23.0 Å². The highest BCUT2D eigenvalue weighted by Gasteiger charge is 2.21. The summed E-state index contributed by atoms with van der Waals surface area (Å²) >= 11 is 0. The zero-order valence-electron chi connectivity index (χ0n) is 19.6. The third kappa shape index (κ3) is 7.59. The van der Waals surface area contributed by atoms with Crippen molar-refractivity contribution in [2.45, 2.75) is 53.8 Å². The fraction of sp³-hybridized carbons (Fsp3) is 0.458. The predicted octanol–water partition coefficient (Wildman–Crippen LogP) is 5.67. The number of benzene rings is 2. The third-order valence-electron chi connectivity index (χ3n) is 4.44. The average molecular weight is 454 g/mol. The Balaban J connectivity index is 0.00000249. The summed E-state index contributed by atoms with van der Waals surface area (Å²) < 4.78 is 46.8. The zero-order valence-corrected chi connectivity index (χ0v) is 19.6. The van der Waals surface area contributed by atoms with E-state index in [0.29, 0.717) is 23.7 Å². The van der Waals surface area contributed by atoms with Gasteiger partial charge >= 0.3 is 6.61 Å². The first-order valence-corrected chi connectivity index (χ1v) is 10.6. The van der Waals surface area contributed by atoms with Gasteiger partial charge in [0.1, 0.15) is 11.5 Å². The van der Waals surface area contributed by atoms with Crippen LogP contribution in [0, 0.1) is 0 Å². The number of methoxy groups -OCH3 is 2. The number of para-hydroxylation sites is 1. The van der Waals surface area contributed by atoms with Crippen LogP contribution in [0.3, 0.4) is 0 Å². The van der Waals surface area contributed by atoms with Crippen LogP contribution in [0.25, 0.3) is 0 Å². The van der Waals surface area contributed by atoms with Crippen LogP contribution in [-0.4, -0.2) is 38.2 Å². The van der Waals surface area contributed by atoms with E-state index in [-0.39, 0.29) is 36.9 Å². The molecule has 2 rings (SSSR count). The van der Waals surface area contributed by atoms with E-state index in [1.165, 1.54) is 7.11 Å². The van der Waals surface area contributed by atoms with Crippen LogP contribution in [-0.2, 0) is 17.9 Å². The molecule has 0 fully saturated rings. The van der Waals surface area contributed by atoms with Crippen molar-refractivity contribution in [2.75, 3.05) is 20.8 Å². The maximum Gasteiger partial charge on any atom is 0.387 e. The molecule has 32 heavy (non-hydrogen) atoms. The lowest BCUT2D eigenvalue weighted by Gasteiger charge is -2.25. The number of hydrogen-bond donors (Lipinski definition) is 0. The van der Waals surface area contributed by atoms with E-state index in [9.17, 15) is 13.6 Å². The normalized spacial score (nSPS) is 10.2. The van der Waals surface area contributed by atoms with Gasteiger partial charge in [0.2, 0.25) is 5.91 Å². The van der Waals surface area contributed by atoms with E-state index in [4.69, 9.17) is 18.9 Å². The van der Waals surface area contributed by atoms with Gasteiger partial charge in [0.25, 0.3) is 0 Å². The Kier molecular flexibility index (Phi) is 11.9. The number of carbonyl (C=O) groups excluding carboxylic acids is 1. The summed E-state index contributed by atoms with van der Waals surface area (Å²) in [5.41, 5.74) is 1.19. The van der Waals surface area contributed by atoms with Gasteiger partial charge in [0, 0.05) is 36.7 Å². The quantitative estimate of drug-likeness (QED) is 0.439. The Morgan fingerprint density at radius 2 is 1.66 bits per heavy atom. The summed E-state index contributed by atoms with van der Waals surface area (Å²) in [5, 5.41) is 0. The van der Waals surface area contributed by atoms with Crippen LogP contribution in [0.1, 0.15) is 45.2 Å². The largest absolute Gasteiger partial charge is 0.497 e. The highest BCUT2D eigenvalue weighted by molar-refractivity contribution is 5.76. The number of hydrogen-bond acceptors (Lipinski definition) is 5. The van der Waals surface area contributed by atoms with Gasteiger partial charge in [-0.25, -0.2) is 0 Å². The summed E-state index contributed by atoms with van der Waals surface area (Å²) in [6.45, 7) is 5.08. The molecule has 178 valence electrons. The van der Waals surface area contributed by atoms with E-state index in [1.807, 2.05) is 13.8 Å². The summed E-state index contributed by atoms with van der Waals surface area (Å²) in [7, 11) is 3.08. The molecule has 0 aliphatic heterocycles. The second-order valence-corrected chi connectivity index (χ2v) is 6.34. The number of halogens is 2. The number of alkyl halides is 2. The molecule has 0 spiro atoms. The first kappa shape index (κ1) is 27.0. The second-order valence-electron chi connectivity index (χ2n) is 6.34. The van der Waals surface area contributed by atoms with Crippen LogP contribution in [0.4, 0.5) is 8.78 Å². The highest BCUT2D eigenvalue weighted by atomic mass is 19.3. The average Bonchev–Trinajstić information content (AvgIpc) is 2.81. The molecule has 0 aromatic heterocycles. The Labute approximate surface area is 189 Å². The smallest absolute Gasteiger partial charge is 0.387 e. The molecule has 0 atom stereocenters. The summed E-state index contributed by atoms with van der Waals surface area (Å²) in [6.07, 6.45) is 0.259. The molecular weight excluding hydrogens is 420 g/mol. The Bertz CT molecular complexity index is 845. The maximum absolute atomic E-state index is 13.0. The van der Waals surface area contributed by atoms with E-state index in [2.05, 4.69) is 0 Å². The SMILES string of the molecule is CC.CCOc1cccc(CN(Cc2ccc(OC)cc2OC)C(=O)CC)c1OC(F)F. The molecule has 0 radical (unpaired) electrons. The number of ether oxygens (including phenoxy) is 4. The number of rotatable bonds is 11. The fourth-order valence-corrected chi connectivity index (χ4v) is 3.03. The summed E-state index contributed by atoms with van der Waals surface area (Å²) in [5.74, 6) is 1.19. The molecular formula is C24H33F2NO5. The molecule has 0 saturated carbocycles. The molecule has 0 heterocycles. The Morgan fingerprint density at radius 3 is 2.22 bits per heavy atom. The fourth-order valence-electron chi connectivity index (χ4n) is 3.03. The van der Waals surface area contributed by atoms with Crippen molar-refractivity contribution in [2.24, 2.45) is 0 Å². The number of carbonyl (C=O) groups is 1. The van der Waals surface area contributed by atoms with Crippen molar-refractivity contribution in [1.82, 2.24) is 4.90 Å². The Morgan fingerprint density at radius 1 is 0.969 bits per heavy atom. The second kappa shape index (κ2) is 14.1. The molecule has 0 saturated heterocycles. The Hall–Kier alpha value is -3.03. The molecule has 6 nitrogen and oxygen atoms in total. The lowest BCUT2D eigenvalue weighted by Crippen LogP contribution is -2.30. The summed E-state index contributed by atoms with van der Waals surface area (Å²) in [4.78, 5) is 14.2. The first-order chi connectivity index (χ1) is 15.4. The van der Waals surface area contributed by atoms with Gasteiger partial charge in [-0.05, 0) is 25.1 Å². The molecule has 1 amide bonds. The molecule has 0 aliphatic rings. The molecule has 0 N–H and O–H groups in total. The molecule has 2 aromatic carbocycles. The van der Waals surface area contributed by atoms with Gasteiger partial charge in [-0.3, -0.25) is 4.79 Å². The topological polar surface area (TPSA) is 57.2 Å². The lowest BCUT2D eigenvalue weighted by atomic mass is 10.1. The highest BCUT2D eigenvalue weighted by Crippen LogP contribution is 2.34. The monoisotopic (exact) mass is 453 g/mol. The maximum atomic E-state index is 13.0. The number of nitrogens with zero attached hydrogens (tertiary/aromatic N) is 1. The summed E-state index contributed by atoms with van der Waals surface area (Å²) in [6, 6.07) is 10.2.